The molecule has 0 bridgehead atoms. The molecule has 9 heteroatoms. The fraction of sp³-hybridized carbons (Fsp3) is 0.158. The minimum absolute atomic E-state index is 0.0804. The molecule has 0 amide bonds. The second-order valence-electron chi connectivity index (χ2n) is 6.01. The lowest BCUT2D eigenvalue weighted by Gasteiger charge is -2.22. The van der Waals surface area contributed by atoms with Gasteiger partial charge >= 0.3 is 5.97 Å². The Kier molecular flexibility index (Phi) is 5.06. The number of fused-ring (bicyclic) bond motifs is 1. The van der Waals surface area contributed by atoms with E-state index in [4.69, 9.17) is 21.4 Å². The molecule has 1 atom stereocenters. The van der Waals surface area contributed by atoms with E-state index >= 15 is 0 Å². The number of aliphatic carboxylic acids is 1. The number of carboxylic acids is 1. The summed E-state index contributed by atoms with van der Waals surface area (Å²) in [4.78, 5) is 11.4. The number of thioether (sulfide) groups is 1. The van der Waals surface area contributed by atoms with Gasteiger partial charge in [0.2, 0.25) is 5.16 Å². The average molecular weight is 415 g/mol. The number of carbonyl (C=O) groups is 1. The molecular formula is C19H15ClN4O3S. The van der Waals surface area contributed by atoms with Crippen LogP contribution in [0.15, 0.2) is 58.8 Å². The quantitative estimate of drug-likeness (QED) is 0.682. The van der Waals surface area contributed by atoms with Crippen molar-refractivity contribution in [3.8, 4) is 17.1 Å². The van der Waals surface area contributed by atoms with Gasteiger partial charge in [-0.2, -0.15) is 9.78 Å². The van der Waals surface area contributed by atoms with E-state index in [-0.39, 0.29) is 11.7 Å². The lowest BCUT2D eigenvalue weighted by atomic mass is 10.1. The molecule has 0 unspecified atom stereocenters. The monoisotopic (exact) mass is 414 g/mol. The first-order chi connectivity index (χ1) is 13.6. The van der Waals surface area contributed by atoms with Gasteiger partial charge in [0.1, 0.15) is 5.75 Å². The van der Waals surface area contributed by atoms with Crippen molar-refractivity contribution in [3.05, 3.63) is 59.1 Å². The Bertz CT molecular complexity index is 1070. The maximum atomic E-state index is 11.4. The predicted molar refractivity (Wildman–Crippen MR) is 107 cm³/mol. The fourth-order valence-electron chi connectivity index (χ4n) is 2.94. The van der Waals surface area contributed by atoms with Crippen LogP contribution < -0.4 is 4.74 Å². The van der Waals surface area contributed by atoms with Crippen LogP contribution in [0.1, 0.15) is 12.0 Å². The van der Waals surface area contributed by atoms with E-state index in [9.17, 15) is 9.90 Å². The van der Waals surface area contributed by atoms with E-state index in [2.05, 4.69) is 10.2 Å². The van der Waals surface area contributed by atoms with Gasteiger partial charge in [-0.25, -0.2) is 0 Å². The summed E-state index contributed by atoms with van der Waals surface area (Å²) >= 11 is 7.32. The molecule has 0 aliphatic carbocycles. The Morgan fingerprint density at radius 2 is 1.96 bits per heavy atom. The number of rotatable bonds is 5. The highest BCUT2D eigenvalue weighted by Gasteiger charge is 2.31. The molecule has 142 valence electrons. The van der Waals surface area contributed by atoms with Crippen LogP contribution in [-0.2, 0) is 4.79 Å². The number of para-hydroxylation sites is 1. The smallest absolute Gasteiger partial charge is 0.304 e. The number of hydrogen-bond acceptors (Lipinski definition) is 6. The molecule has 7 nitrogen and oxygen atoms in total. The van der Waals surface area contributed by atoms with Gasteiger partial charge in [0.25, 0.3) is 0 Å². The summed E-state index contributed by atoms with van der Waals surface area (Å²) in [7, 11) is 1.59. The molecular weight excluding hydrogens is 400 g/mol. The second-order valence-corrected chi connectivity index (χ2v) is 7.62. The first-order valence-electron chi connectivity index (χ1n) is 8.39. The van der Waals surface area contributed by atoms with Gasteiger partial charge in [0, 0.05) is 5.02 Å². The highest BCUT2D eigenvalue weighted by molar-refractivity contribution is 8.00. The largest absolute Gasteiger partial charge is 0.496 e. The highest BCUT2D eigenvalue weighted by atomic mass is 35.5. The van der Waals surface area contributed by atoms with Crippen molar-refractivity contribution in [2.24, 2.45) is 5.10 Å². The first kappa shape index (κ1) is 18.5. The summed E-state index contributed by atoms with van der Waals surface area (Å²) < 4.78 is 7.06. The van der Waals surface area contributed by atoms with Crippen LogP contribution in [0.25, 0.3) is 11.4 Å². The highest BCUT2D eigenvalue weighted by Crippen LogP contribution is 2.36. The summed E-state index contributed by atoms with van der Waals surface area (Å²) in [5.41, 5.74) is 2.18. The zero-order valence-electron chi connectivity index (χ0n) is 14.7. The maximum Gasteiger partial charge on any atom is 0.304 e. The van der Waals surface area contributed by atoms with Crippen LogP contribution in [-0.4, -0.2) is 44.0 Å². The summed E-state index contributed by atoms with van der Waals surface area (Å²) in [6, 6.07) is 14.6. The van der Waals surface area contributed by atoms with Gasteiger partial charge in [-0.3, -0.25) is 4.79 Å². The summed E-state index contributed by atoms with van der Waals surface area (Å²) in [5, 5.41) is 23.3. The van der Waals surface area contributed by atoms with E-state index in [1.165, 1.54) is 11.8 Å². The van der Waals surface area contributed by atoms with Crippen LogP contribution in [0, 0.1) is 0 Å². The minimum Gasteiger partial charge on any atom is -0.496 e. The third-order valence-electron chi connectivity index (χ3n) is 4.22. The van der Waals surface area contributed by atoms with Crippen molar-refractivity contribution < 1.29 is 14.6 Å². The lowest BCUT2D eigenvalue weighted by molar-refractivity contribution is -0.136. The molecule has 1 N–H and O–H groups in total. The van der Waals surface area contributed by atoms with Gasteiger partial charge in [0.05, 0.1) is 30.1 Å². The molecule has 3 aromatic rings. The molecule has 2 aromatic carbocycles. The molecule has 1 aromatic heterocycles. The first-order valence-corrected chi connectivity index (χ1v) is 9.64. The number of nitrogens with zero attached hydrogens (tertiary/aromatic N) is 4. The van der Waals surface area contributed by atoms with Crippen molar-refractivity contribution in [1.82, 2.24) is 14.9 Å². The molecule has 0 saturated carbocycles. The Hall–Kier alpha value is -2.84. The number of methoxy groups -OCH3 is 1. The van der Waals surface area contributed by atoms with Crippen LogP contribution in [0.2, 0.25) is 5.02 Å². The molecule has 1 aliphatic heterocycles. The molecule has 0 spiro atoms. The van der Waals surface area contributed by atoms with E-state index in [0.717, 1.165) is 11.1 Å². The number of hydrogen-bond donors (Lipinski definition) is 1. The number of aromatic nitrogens is 3. The SMILES string of the molecule is COc1ccccc1-c1nnc2n1N=C(c1ccc(Cl)cc1)[C@@H](CC(=O)O)S2. The van der Waals surface area contributed by atoms with E-state index in [0.29, 0.717) is 27.5 Å². The van der Waals surface area contributed by atoms with Crippen LogP contribution in [0.3, 0.4) is 0 Å². The Morgan fingerprint density at radius 3 is 2.68 bits per heavy atom. The molecule has 4 rings (SSSR count). The zero-order chi connectivity index (χ0) is 19.7. The standard InChI is InChI=1S/C19H15ClN4O3S/c1-27-14-5-3-2-4-13(14)18-21-22-19-24(18)23-17(15(28-19)10-16(25)26)11-6-8-12(20)9-7-11/h2-9,15H,10H2,1H3,(H,25,26)/t15-/m1/s1. The minimum atomic E-state index is -0.905. The molecule has 0 saturated heterocycles. The van der Waals surface area contributed by atoms with Gasteiger partial charge in [-0.1, -0.05) is 47.6 Å². The van der Waals surface area contributed by atoms with Gasteiger partial charge in [-0.15, -0.1) is 10.2 Å². The van der Waals surface area contributed by atoms with Gasteiger partial charge in [-0.05, 0) is 29.8 Å². The average Bonchev–Trinajstić information content (AvgIpc) is 3.10. The third-order valence-corrected chi connectivity index (χ3v) is 5.61. The predicted octanol–water partition coefficient (Wildman–Crippen LogP) is 3.81. The normalized spacial score (nSPS) is 15.6. The number of benzene rings is 2. The van der Waals surface area contributed by atoms with E-state index in [1.807, 2.05) is 36.4 Å². The Labute approximate surface area is 170 Å². The van der Waals surface area contributed by atoms with E-state index < -0.39 is 5.97 Å². The van der Waals surface area contributed by atoms with Crippen molar-refractivity contribution in [3.63, 3.8) is 0 Å². The van der Waals surface area contributed by atoms with Crippen LogP contribution in [0.5, 0.6) is 5.75 Å². The van der Waals surface area contributed by atoms with Crippen LogP contribution >= 0.6 is 23.4 Å². The molecule has 1 aliphatic rings. The molecule has 0 radical (unpaired) electrons. The number of ether oxygens (including phenoxy) is 1. The van der Waals surface area contributed by atoms with Crippen molar-refractivity contribution >= 4 is 35.0 Å². The summed E-state index contributed by atoms with van der Waals surface area (Å²) in [5.74, 6) is 0.274. The maximum absolute atomic E-state index is 11.4. The molecule has 28 heavy (non-hydrogen) atoms. The zero-order valence-corrected chi connectivity index (χ0v) is 16.3. The lowest BCUT2D eigenvalue weighted by Crippen LogP contribution is -2.27. The van der Waals surface area contributed by atoms with E-state index in [1.54, 1.807) is 23.9 Å². The Morgan fingerprint density at radius 1 is 1.21 bits per heavy atom. The topological polar surface area (TPSA) is 89.6 Å². The third kappa shape index (κ3) is 3.48. The summed E-state index contributed by atoms with van der Waals surface area (Å²) in [6.07, 6.45) is -0.0804. The van der Waals surface area contributed by atoms with Gasteiger partial charge in [0.15, 0.2) is 5.82 Å². The number of halogens is 1. The Balaban J connectivity index is 1.85. The summed E-state index contributed by atoms with van der Waals surface area (Å²) in [6.45, 7) is 0. The molecule has 2 heterocycles. The van der Waals surface area contributed by atoms with Crippen molar-refractivity contribution in [2.45, 2.75) is 16.8 Å². The van der Waals surface area contributed by atoms with Crippen molar-refractivity contribution in [2.75, 3.05) is 7.11 Å². The van der Waals surface area contributed by atoms with Crippen molar-refractivity contribution in [1.29, 1.82) is 0 Å². The number of carboxylic acid groups (broad SMARTS) is 1. The molecule has 0 fully saturated rings. The van der Waals surface area contributed by atoms with Crippen LogP contribution in [0.4, 0.5) is 0 Å². The fourth-order valence-corrected chi connectivity index (χ4v) is 4.16. The second kappa shape index (κ2) is 7.65. The van der Waals surface area contributed by atoms with Gasteiger partial charge < -0.3 is 9.84 Å².